The predicted octanol–water partition coefficient (Wildman–Crippen LogP) is 1.42. The van der Waals surface area contributed by atoms with Crippen LogP contribution < -0.4 is 0 Å². The standard InChI is InChI=1S/C14H19FN2O2/c1-4-17(10-14(19)16(2)3)9-13(18)11-5-7-12(15)8-6-11/h5-8H,4,9-10H2,1-3H3. The van der Waals surface area contributed by atoms with Gasteiger partial charge in [-0.3, -0.25) is 14.5 Å². The van der Waals surface area contributed by atoms with E-state index in [0.29, 0.717) is 12.1 Å². The molecule has 0 aromatic heterocycles. The molecule has 0 atom stereocenters. The first-order chi connectivity index (χ1) is 8.93. The molecule has 4 nitrogen and oxygen atoms in total. The van der Waals surface area contributed by atoms with Gasteiger partial charge in [0, 0.05) is 19.7 Å². The Morgan fingerprint density at radius 3 is 2.16 bits per heavy atom. The highest BCUT2D eigenvalue weighted by Gasteiger charge is 2.15. The Hall–Kier alpha value is -1.75. The number of halogens is 1. The molecule has 0 unspecified atom stereocenters. The van der Waals surface area contributed by atoms with E-state index < -0.39 is 0 Å². The van der Waals surface area contributed by atoms with Crippen molar-refractivity contribution in [1.29, 1.82) is 0 Å². The number of likely N-dealkylation sites (N-methyl/N-ethyl adjacent to an activating group) is 2. The molecule has 104 valence electrons. The number of carbonyl (C=O) groups excluding carboxylic acids is 2. The Morgan fingerprint density at radius 1 is 1.11 bits per heavy atom. The van der Waals surface area contributed by atoms with Crippen molar-refractivity contribution in [3.8, 4) is 0 Å². The molecular weight excluding hydrogens is 247 g/mol. The van der Waals surface area contributed by atoms with Crippen LogP contribution >= 0.6 is 0 Å². The van der Waals surface area contributed by atoms with Crippen LogP contribution in [-0.4, -0.2) is 55.2 Å². The van der Waals surface area contributed by atoms with Crippen LogP contribution in [0.25, 0.3) is 0 Å². The van der Waals surface area contributed by atoms with Crippen LogP contribution in [0.15, 0.2) is 24.3 Å². The second kappa shape index (κ2) is 6.99. The highest BCUT2D eigenvalue weighted by atomic mass is 19.1. The van der Waals surface area contributed by atoms with Crippen molar-refractivity contribution in [1.82, 2.24) is 9.80 Å². The van der Waals surface area contributed by atoms with Crippen LogP contribution in [-0.2, 0) is 4.79 Å². The van der Waals surface area contributed by atoms with Gasteiger partial charge in [0.2, 0.25) is 5.91 Å². The van der Waals surface area contributed by atoms with Crippen LogP contribution in [0.4, 0.5) is 4.39 Å². The Bertz CT molecular complexity index is 443. The van der Waals surface area contributed by atoms with Gasteiger partial charge in [0.25, 0.3) is 0 Å². The first-order valence-electron chi connectivity index (χ1n) is 6.15. The second-order valence-corrected chi connectivity index (χ2v) is 4.52. The quantitative estimate of drug-likeness (QED) is 0.731. The third kappa shape index (κ3) is 4.79. The van der Waals surface area contributed by atoms with Crippen molar-refractivity contribution in [2.45, 2.75) is 6.92 Å². The zero-order valence-corrected chi connectivity index (χ0v) is 11.5. The SMILES string of the molecule is CCN(CC(=O)c1ccc(F)cc1)CC(=O)N(C)C. The van der Waals surface area contributed by atoms with E-state index in [1.165, 1.54) is 29.2 Å². The maximum Gasteiger partial charge on any atom is 0.236 e. The van der Waals surface area contributed by atoms with E-state index in [0.717, 1.165) is 0 Å². The number of nitrogens with zero attached hydrogens (tertiary/aromatic N) is 2. The summed E-state index contributed by atoms with van der Waals surface area (Å²) < 4.78 is 12.8. The second-order valence-electron chi connectivity index (χ2n) is 4.52. The molecule has 0 fully saturated rings. The van der Waals surface area contributed by atoms with E-state index in [1.54, 1.807) is 19.0 Å². The molecule has 0 saturated carbocycles. The Labute approximate surface area is 112 Å². The number of amides is 1. The monoisotopic (exact) mass is 266 g/mol. The zero-order valence-electron chi connectivity index (χ0n) is 11.5. The summed E-state index contributed by atoms with van der Waals surface area (Å²) in [5.41, 5.74) is 0.456. The maximum atomic E-state index is 12.8. The third-order valence-corrected chi connectivity index (χ3v) is 2.84. The lowest BCUT2D eigenvalue weighted by Crippen LogP contribution is -2.39. The summed E-state index contributed by atoms with van der Waals surface area (Å²) in [6, 6.07) is 5.43. The van der Waals surface area contributed by atoms with E-state index in [9.17, 15) is 14.0 Å². The zero-order chi connectivity index (χ0) is 14.4. The lowest BCUT2D eigenvalue weighted by molar-refractivity contribution is -0.129. The van der Waals surface area contributed by atoms with Gasteiger partial charge < -0.3 is 4.90 Å². The number of benzene rings is 1. The Balaban J connectivity index is 2.63. The average molecular weight is 266 g/mol. The van der Waals surface area contributed by atoms with Gasteiger partial charge in [-0.25, -0.2) is 4.39 Å². The minimum atomic E-state index is -0.369. The topological polar surface area (TPSA) is 40.6 Å². The van der Waals surface area contributed by atoms with Gasteiger partial charge >= 0.3 is 0 Å². The molecule has 1 aromatic carbocycles. The van der Waals surface area contributed by atoms with Crippen molar-refractivity contribution in [2.24, 2.45) is 0 Å². The number of ketones is 1. The smallest absolute Gasteiger partial charge is 0.236 e. The van der Waals surface area contributed by atoms with Crippen LogP contribution in [0.5, 0.6) is 0 Å². The first kappa shape index (κ1) is 15.3. The molecule has 19 heavy (non-hydrogen) atoms. The maximum absolute atomic E-state index is 12.8. The summed E-state index contributed by atoms with van der Waals surface area (Å²) >= 11 is 0. The molecule has 1 amide bonds. The Morgan fingerprint density at radius 2 is 1.68 bits per heavy atom. The molecule has 0 N–H and O–H groups in total. The number of rotatable bonds is 6. The van der Waals surface area contributed by atoms with Crippen LogP contribution in [0.3, 0.4) is 0 Å². The molecule has 0 spiro atoms. The molecular formula is C14H19FN2O2. The number of hydrogen-bond donors (Lipinski definition) is 0. The van der Waals surface area contributed by atoms with Crippen molar-refractivity contribution in [2.75, 3.05) is 33.7 Å². The molecule has 0 saturated heterocycles. The van der Waals surface area contributed by atoms with E-state index in [-0.39, 0.29) is 30.6 Å². The van der Waals surface area contributed by atoms with Crippen LogP contribution in [0.1, 0.15) is 17.3 Å². The molecule has 0 bridgehead atoms. The highest BCUT2D eigenvalue weighted by molar-refractivity contribution is 5.97. The molecule has 1 rings (SSSR count). The van der Waals surface area contributed by atoms with E-state index >= 15 is 0 Å². The van der Waals surface area contributed by atoms with Gasteiger partial charge in [-0.05, 0) is 30.8 Å². The largest absolute Gasteiger partial charge is 0.348 e. The van der Waals surface area contributed by atoms with Crippen LogP contribution in [0.2, 0.25) is 0 Å². The summed E-state index contributed by atoms with van der Waals surface area (Å²) in [7, 11) is 3.36. The Kier molecular flexibility index (Phi) is 5.63. The summed E-state index contributed by atoms with van der Waals surface area (Å²) in [5.74, 6) is -0.533. The van der Waals surface area contributed by atoms with Crippen molar-refractivity contribution in [3.05, 3.63) is 35.6 Å². The molecule has 1 aromatic rings. The van der Waals surface area contributed by atoms with Gasteiger partial charge in [-0.1, -0.05) is 6.92 Å². The van der Waals surface area contributed by atoms with Crippen molar-refractivity contribution in [3.63, 3.8) is 0 Å². The fraction of sp³-hybridized carbons (Fsp3) is 0.429. The predicted molar refractivity (Wildman–Crippen MR) is 71.5 cm³/mol. The van der Waals surface area contributed by atoms with E-state index in [2.05, 4.69) is 0 Å². The summed E-state index contributed by atoms with van der Waals surface area (Å²) in [6.07, 6.45) is 0. The minimum Gasteiger partial charge on any atom is -0.348 e. The fourth-order valence-corrected chi connectivity index (χ4v) is 1.54. The number of hydrogen-bond acceptors (Lipinski definition) is 3. The lowest BCUT2D eigenvalue weighted by Gasteiger charge is -2.21. The third-order valence-electron chi connectivity index (χ3n) is 2.84. The summed E-state index contributed by atoms with van der Waals surface area (Å²) in [4.78, 5) is 26.8. The molecule has 0 heterocycles. The molecule has 0 aliphatic carbocycles. The van der Waals surface area contributed by atoms with Gasteiger partial charge in [0.05, 0.1) is 13.1 Å². The highest BCUT2D eigenvalue weighted by Crippen LogP contribution is 2.05. The van der Waals surface area contributed by atoms with Crippen LogP contribution in [0, 0.1) is 5.82 Å². The molecule has 5 heteroatoms. The van der Waals surface area contributed by atoms with Gasteiger partial charge in [-0.2, -0.15) is 0 Å². The van der Waals surface area contributed by atoms with Gasteiger partial charge in [-0.15, -0.1) is 0 Å². The molecule has 0 radical (unpaired) electrons. The molecule has 0 aliphatic rings. The number of Topliss-reactive ketones (excluding diaryl/α,β-unsaturated/α-hetero) is 1. The molecule has 0 aliphatic heterocycles. The lowest BCUT2D eigenvalue weighted by atomic mass is 10.1. The normalized spacial score (nSPS) is 10.6. The first-order valence-corrected chi connectivity index (χ1v) is 6.15. The summed E-state index contributed by atoms with van der Waals surface area (Å²) in [5, 5.41) is 0. The van der Waals surface area contributed by atoms with Gasteiger partial charge in [0.1, 0.15) is 5.82 Å². The van der Waals surface area contributed by atoms with Crippen molar-refractivity contribution >= 4 is 11.7 Å². The number of carbonyl (C=O) groups is 2. The van der Waals surface area contributed by atoms with Crippen molar-refractivity contribution < 1.29 is 14.0 Å². The minimum absolute atomic E-state index is 0.0474. The van der Waals surface area contributed by atoms with E-state index in [4.69, 9.17) is 0 Å². The average Bonchev–Trinajstić information content (AvgIpc) is 2.38. The van der Waals surface area contributed by atoms with E-state index in [1.807, 2.05) is 6.92 Å². The fourth-order valence-electron chi connectivity index (χ4n) is 1.54. The van der Waals surface area contributed by atoms with Gasteiger partial charge in [0.15, 0.2) is 5.78 Å². The summed E-state index contributed by atoms with van der Waals surface area (Å²) in [6.45, 7) is 2.85.